The molecule has 3 rings (SSSR count). The van der Waals surface area contributed by atoms with Gasteiger partial charge in [-0.05, 0) is 12.8 Å². The Kier molecular flexibility index (Phi) is 5.89. The van der Waals surface area contributed by atoms with Gasteiger partial charge in [0.05, 0.1) is 29.4 Å². The van der Waals surface area contributed by atoms with Crippen molar-refractivity contribution in [1.82, 2.24) is 4.98 Å². The fraction of sp³-hybridized carbons (Fsp3) is 0.667. The van der Waals surface area contributed by atoms with E-state index in [-0.39, 0.29) is 23.6 Å². The predicted octanol–water partition coefficient (Wildman–Crippen LogP) is -2.68. The van der Waals surface area contributed by atoms with Crippen molar-refractivity contribution in [3.8, 4) is 0 Å². The van der Waals surface area contributed by atoms with Crippen LogP contribution < -0.4 is 4.90 Å². The van der Waals surface area contributed by atoms with Crippen molar-refractivity contribution >= 4 is 35.0 Å². The molecule has 0 spiro atoms. The first-order valence-electron chi connectivity index (χ1n) is 8.98. The number of pyridine rings is 1. The lowest BCUT2D eigenvalue weighted by Crippen LogP contribution is -2.85. The molecule has 0 amide bonds. The molecule has 1 aromatic heterocycles. The minimum absolute atomic E-state index is 0.0623. The molecule has 1 saturated carbocycles. The monoisotopic (exact) mass is 435 g/mol. The molecule has 31 heavy (non-hydrogen) atoms. The van der Waals surface area contributed by atoms with E-state index in [1.54, 1.807) is 0 Å². The Balaban J connectivity index is 2.04. The van der Waals surface area contributed by atoms with Crippen LogP contribution in [-0.4, -0.2) is 94.2 Å². The second kappa shape index (κ2) is 7.65. The van der Waals surface area contributed by atoms with Gasteiger partial charge in [-0.1, -0.05) is 0 Å². The summed E-state index contributed by atoms with van der Waals surface area (Å²) in [6, 6.07) is 1.64. The maximum atomic E-state index is 13.3. The van der Waals surface area contributed by atoms with Crippen molar-refractivity contribution < 1.29 is 44.3 Å². The van der Waals surface area contributed by atoms with E-state index in [9.17, 15) is 40.0 Å². The standard InChI is InChI=1S/C15H17B3FN3O9/c16-12(23)14(18,25)31-15(26,27)13(17,24)21(12)11-5-9(22(28)29)4-8(20-11)6-30-10-2-1-7(19)3-10/h4-5,7,10,23-27H,1-3,6H2. The fourth-order valence-corrected chi connectivity index (χ4v) is 3.37. The molecule has 1 aliphatic heterocycles. The van der Waals surface area contributed by atoms with Gasteiger partial charge in [-0.25, -0.2) is 9.37 Å². The minimum atomic E-state index is -3.83. The van der Waals surface area contributed by atoms with Gasteiger partial charge in [0, 0.05) is 12.5 Å². The predicted molar refractivity (Wildman–Crippen MR) is 101 cm³/mol. The Morgan fingerprint density at radius 3 is 2.42 bits per heavy atom. The fourth-order valence-electron chi connectivity index (χ4n) is 3.37. The van der Waals surface area contributed by atoms with Crippen molar-refractivity contribution in [2.45, 2.75) is 61.1 Å². The van der Waals surface area contributed by atoms with Gasteiger partial charge in [0.1, 0.15) is 17.6 Å². The molecule has 0 bridgehead atoms. The van der Waals surface area contributed by atoms with Crippen LogP contribution in [0.1, 0.15) is 25.0 Å². The quantitative estimate of drug-likeness (QED) is 0.141. The molecule has 5 N–H and O–H groups in total. The number of aliphatic hydroxyl groups is 5. The van der Waals surface area contributed by atoms with E-state index in [1.807, 2.05) is 0 Å². The number of halogens is 1. The van der Waals surface area contributed by atoms with Crippen molar-refractivity contribution in [1.29, 1.82) is 0 Å². The first-order valence-corrected chi connectivity index (χ1v) is 8.98. The minimum Gasteiger partial charge on any atom is -0.375 e. The zero-order valence-electron chi connectivity index (χ0n) is 16.0. The SMILES string of the molecule is [B]C1(O)OC(O)(O)C([B])(O)N(c2cc([N+](=O)[O-])cc(COC3CCC(F)C3)n2)C1([B])O. The lowest BCUT2D eigenvalue weighted by molar-refractivity contribution is -0.471. The average molecular weight is 435 g/mol. The molecule has 1 aromatic rings. The van der Waals surface area contributed by atoms with Crippen LogP contribution in [0, 0.1) is 10.1 Å². The van der Waals surface area contributed by atoms with Crippen LogP contribution in [0.2, 0.25) is 0 Å². The van der Waals surface area contributed by atoms with Gasteiger partial charge >= 0.3 is 5.97 Å². The van der Waals surface area contributed by atoms with Crippen molar-refractivity contribution in [2.75, 3.05) is 4.90 Å². The first-order chi connectivity index (χ1) is 14.1. The molecule has 16 heteroatoms. The number of rotatable bonds is 5. The van der Waals surface area contributed by atoms with Crippen LogP contribution in [0.5, 0.6) is 0 Å². The number of ether oxygens (including phenoxy) is 2. The zero-order valence-corrected chi connectivity index (χ0v) is 16.0. The molecule has 5 atom stereocenters. The Hall–Kier alpha value is -1.81. The molecule has 6 radical (unpaired) electrons. The van der Waals surface area contributed by atoms with Crippen molar-refractivity contribution in [2.24, 2.45) is 0 Å². The Morgan fingerprint density at radius 1 is 1.23 bits per heavy atom. The smallest absolute Gasteiger partial charge is 0.320 e. The Labute approximate surface area is 179 Å². The summed E-state index contributed by atoms with van der Waals surface area (Å²) in [5.41, 5.74) is -11.1. The number of hydrogen-bond donors (Lipinski definition) is 5. The second-order valence-corrected chi connectivity index (χ2v) is 7.47. The van der Waals surface area contributed by atoms with E-state index < -0.39 is 51.6 Å². The second-order valence-electron chi connectivity index (χ2n) is 7.47. The van der Waals surface area contributed by atoms with Crippen LogP contribution in [0.4, 0.5) is 15.9 Å². The summed E-state index contributed by atoms with van der Waals surface area (Å²) in [4.78, 5) is 14.3. The number of aromatic nitrogens is 1. The maximum Gasteiger partial charge on any atom is 0.320 e. The molecule has 2 fully saturated rings. The molecule has 2 heterocycles. The summed E-state index contributed by atoms with van der Waals surface area (Å²) in [7, 11) is 16.3. The third-order valence-corrected chi connectivity index (χ3v) is 5.06. The molecule has 162 valence electrons. The van der Waals surface area contributed by atoms with Crippen LogP contribution in [0.3, 0.4) is 0 Å². The number of morpholine rings is 1. The third kappa shape index (κ3) is 4.16. The summed E-state index contributed by atoms with van der Waals surface area (Å²) < 4.78 is 23.0. The number of hydrogen-bond acceptors (Lipinski definition) is 11. The van der Waals surface area contributed by atoms with Crippen LogP contribution in [0.25, 0.3) is 0 Å². The summed E-state index contributed by atoms with van der Waals surface area (Å²) in [5.74, 6) is -4.62. The highest BCUT2D eigenvalue weighted by Crippen LogP contribution is 2.43. The maximum absolute atomic E-state index is 13.3. The van der Waals surface area contributed by atoms with E-state index in [0.29, 0.717) is 18.9 Å². The van der Waals surface area contributed by atoms with Gasteiger partial charge < -0.3 is 35.2 Å². The van der Waals surface area contributed by atoms with Gasteiger partial charge in [0.25, 0.3) is 5.69 Å². The van der Waals surface area contributed by atoms with Gasteiger partial charge in [0.15, 0.2) is 34.8 Å². The highest BCUT2D eigenvalue weighted by molar-refractivity contribution is 6.27. The van der Waals surface area contributed by atoms with Gasteiger partial charge in [-0.15, -0.1) is 0 Å². The topological polar surface area (TPSA) is 179 Å². The molecule has 5 unspecified atom stereocenters. The van der Waals surface area contributed by atoms with E-state index >= 15 is 0 Å². The Bertz CT molecular complexity index is 847. The van der Waals surface area contributed by atoms with E-state index in [1.165, 1.54) is 0 Å². The van der Waals surface area contributed by atoms with Gasteiger partial charge in [-0.3, -0.25) is 14.9 Å². The molecule has 1 aliphatic carbocycles. The number of alkyl halides is 1. The molecule has 12 nitrogen and oxygen atoms in total. The number of anilines is 1. The van der Waals surface area contributed by atoms with Crippen molar-refractivity contribution in [3.63, 3.8) is 0 Å². The molecule has 2 aliphatic rings. The van der Waals surface area contributed by atoms with E-state index in [0.717, 1.165) is 6.07 Å². The lowest BCUT2D eigenvalue weighted by atomic mass is 9.66. The van der Waals surface area contributed by atoms with Crippen LogP contribution in [-0.2, 0) is 16.1 Å². The number of nitro groups is 1. The summed E-state index contributed by atoms with van der Waals surface area (Å²) in [6.07, 6.45) is -0.631. The van der Waals surface area contributed by atoms with Crippen LogP contribution >= 0.6 is 0 Å². The molecular weight excluding hydrogens is 418 g/mol. The summed E-state index contributed by atoms with van der Waals surface area (Å²) in [6.45, 7) is -0.349. The highest BCUT2D eigenvalue weighted by Gasteiger charge is 2.67. The van der Waals surface area contributed by atoms with E-state index in [2.05, 4.69) is 9.72 Å². The normalized spacial score (nSPS) is 37.7. The molecule has 1 saturated heterocycles. The highest BCUT2D eigenvalue weighted by atomic mass is 19.1. The summed E-state index contributed by atoms with van der Waals surface area (Å²) in [5, 5.41) is 62.1. The number of nitrogens with zero attached hydrogens (tertiary/aromatic N) is 3. The van der Waals surface area contributed by atoms with Gasteiger partial charge in [0.2, 0.25) is 0 Å². The summed E-state index contributed by atoms with van der Waals surface area (Å²) >= 11 is 0. The average Bonchev–Trinajstić information content (AvgIpc) is 3.02. The lowest BCUT2D eigenvalue weighted by Gasteiger charge is -2.61. The first kappa shape index (κ1) is 23.8. The van der Waals surface area contributed by atoms with E-state index in [4.69, 9.17) is 28.3 Å². The Morgan fingerprint density at radius 2 is 1.87 bits per heavy atom. The van der Waals surface area contributed by atoms with Crippen LogP contribution in [0.15, 0.2) is 12.1 Å². The third-order valence-electron chi connectivity index (χ3n) is 5.06. The van der Waals surface area contributed by atoms with Gasteiger partial charge in [-0.2, -0.15) is 0 Å². The zero-order chi connectivity index (χ0) is 23.4. The largest absolute Gasteiger partial charge is 0.375 e. The van der Waals surface area contributed by atoms with Crippen molar-refractivity contribution in [3.05, 3.63) is 27.9 Å². The molecular formula is C15H17B3FN3O9. The molecule has 0 aromatic carbocycles.